The second-order valence-corrected chi connectivity index (χ2v) is 21.9. The second kappa shape index (κ2) is 21.7. The van der Waals surface area contributed by atoms with Gasteiger partial charge in [0.25, 0.3) is 0 Å². The fraction of sp³-hybridized carbons (Fsp3) is 0. The number of aromatic nitrogens is 5. The number of hydrogen-bond acceptors (Lipinski definition) is 3. The number of hydrogen-bond donors (Lipinski definition) is 0. The molecular formula is C81H55N5Si. The smallest absolute Gasteiger partial charge is 0.238 e. The van der Waals surface area contributed by atoms with E-state index < -0.39 is 448 Å². The Morgan fingerprint density at radius 2 is 0.678 bits per heavy atom. The van der Waals surface area contributed by atoms with Gasteiger partial charge in [-0.25, -0.2) is 4.98 Å². The number of nitrogens with zero attached hydrogens (tertiary/aromatic N) is 5. The van der Waals surface area contributed by atoms with E-state index in [4.69, 9.17) is 29.2 Å². The first-order valence-corrected chi connectivity index (χ1v) is 27.6. The highest BCUT2D eigenvalue weighted by atomic mass is 28.3. The zero-order valence-corrected chi connectivity index (χ0v) is 44.6. The molecule has 1 atom stereocenters. The SMILES string of the molecule is [2H]c1c([2H])c([2H])c(-c2c([2H])c([2H])c([2H])c([Si](c3c([2H])c([2H])c([2H])c([2H])c3[2H])(c3c([2H])c([2H])c(-c4ccccc4)c([2H])c3[2H])c3c([2H])c([2H])c([2H])c(-c4nc(-c5c([2H])c([2H])c([2H])c([2H])c5-n5c6c([2H])c([2H])c([2H])c([2H])c6c6c([2H])c([2H])c([2H])c([2H])c65)nc(-n5c6c([2H])c([2H])c(-c7c([2H])c([2H])c([2H])c([2H])c7[2H])c([2H])c6c6c([2H])c(-c7c([2H])c([2H])c([2H])c([2H])c7[2H])c([2H])c([2H])c65)n4)c3[2H])c2[2H])c([2H])c1[2H]. The van der Waals surface area contributed by atoms with Gasteiger partial charge in [0.2, 0.25) is 5.95 Å². The first-order chi connectivity index (χ1) is 64.0. The third-order valence-corrected chi connectivity index (χ3v) is 17.7. The quantitative estimate of drug-likeness (QED) is 0.0905. The van der Waals surface area contributed by atoms with Crippen LogP contribution in [0.5, 0.6) is 0 Å². The van der Waals surface area contributed by atoms with Crippen molar-refractivity contribution in [3.05, 3.63) is 332 Å². The minimum Gasteiger partial charge on any atom is -0.309 e. The minimum absolute atomic E-state index is 0.126. The first kappa shape index (κ1) is 21.3. The van der Waals surface area contributed by atoms with Gasteiger partial charge in [-0.15, -0.1) is 0 Å². The van der Waals surface area contributed by atoms with Crippen LogP contribution in [0, 0.1) is 0 Å². The third-order valence-electron chi connectivity index (χ3n) is 13.7. The van der Waals surface area contributed by atoms with E-state index in [1.807, 2.05) is 0 Å². The molecule has 0 fully saturated rings. The molecule has 13 aromatic carbocycles. The van der Waals surface area contributed by atoms with Gasteiger partial charge >= 0.3 is 0 Å². The fourth-order valence-electron chi connectivity index (χ4n) is 9.89. The molecule has 16 rings (SSSR count). The zero-order valence-electron chi connectivity index (χ0n) is 93.6. The summed E-state index contributed by atoms with van der Waals surface area (Å²) in [5.41, 5.74) is -15.6. The summed E-state index contributed by atoms with van der Waals surface area (Å²) in [5.74, 6) is -4.53. The Labute approximate surface area is 576 Å². The highest BCUT2D eigenvalue weighted by molar-refractivity contribution is 7.20. The van der Waals surface area contributed by atoms with Crippen molar-refractivity contribution in [1.82, 2.24) is 24.1 Å². The van der Waals surface area contributed by atoms with E-state index in [9.17, 15) is 49.3 Å². The molecule has 0 N–H and O–H groups in total. The molecule has 408 valence electrons. The highest BCUT2D eigenvalue weighted by Gasteiger charge is 2.42. The monoisotopic (exact) mass is 1180 g/mol. The molecule has 87 heavy (non-hydrogen) atoms. The molecule has 16 aromatic rings. The molecule has 0 aliphatic rings. The van der Waals surface area contributed by atoms with Crippen LogP contribution in [0.3, 0.4) is 0 Å². The van der Waals surface area contributed by atoms with E-state index in [2.05, 4.69) is 4.98 Å². The molecule has 0 bridgehead atoms. The summed E-state index contributed by atoms with van der Waals surface area (Å²) in [5, 5.41) is -9.59. The Kier molecular flexibility index (Phi) is 5.32. The highest BCUT2D eigenvalue weighted by Crippen LogP contribution is 2.40. The lowest BCUT2D eigenvalue weighted by Gasteiger charge is -2.35. The lowest BCUT2D eigenvalue weighted by atomic mass is 10.0. The Morgan fingerprint density at radius 3 is 1.26 bits per heavy atom. The molecule has 6 heteroatoms. The predicted octanol–water partition coefficient (Wildman–Crippen LogP) is 17.4. The molecule has 3 aromatic heterocycles. The first-order valence-electron chi connectivity index (χ1n) is 50.6. The van der Waals surface area contributed by atoms with Crippen molar-refractivity contribution in [3.63, 3.8) is 0 Å². The third kappa shape index (κ3) is 8.97. The van der Waals surface area contributed by atoms with Gasteiger partial charge in [-0.05, 0) is 114 Å². The van der Waals surface area contributed by atoms with Crippen molar-refractivity contribution < 1.29 is 68.5 Å². The maximum atomic E-state index is 11.3. The van der Waals surface area contributed by atoms with Crippen LogP contribution in [0.4, 0.5) is 0 Å². The van der Waals surface area contributed by atoms with Gasteiger partial charge in [-0.2, -0.15) is 9.97 Å². The van der Waals surface area contributed by atoms with Crippen LogP contribution in [0.1, 0.15) is 68.5 Å². The molecule has 0 saturated heterocycles. The molecular weight excluding hydrogens is 1070 g/mol. The lowest BCUT2D eigenvalue weighted by Crippen LogP contribution is -2.74. The van der Waals surface area contributed by atoms with Gasteiger partial charge in [0.05, 0.1) is 96.3 Å². The molecule has 5 nitrogen and oxygen atoms in total. The molecule has 3 heterocycles. The summed E-state index contributed by atoms with van der Waals surface area (Å²) < 4.78 is 481. The van der Waals surface area contributed by atoms with Crippen molar-refractivity contribution in [1.29, 1.82) is 0 Å². The van der Waals surface area contributed by atoms with Crippen molar-refractivity contribution in [2.45, 2.75) is 0 Å². The fourth-order valence-corrected chi connectivity index (χ4v) is 13.5. The van der Waals surface area contributed by atoms with Crippen LogP contribution in [-0.4, -0.2) is 32.2 Å². The van der Waals surface area contributed by atoms with E-state index in [-0.39, 0.29) is 5.56 Å². The molecule has 0 radical (unpaired) electrons. The van der Waals surface area contributed by atoms with Crippen molar-refractivity contribution >= 4 is 72.4 Å². The second-order valence-electron chi connectivity index (χ2n) is 18.4. The van der Waals surface area contributed by atoms with Crippen LogP contribution in [0.2, 0.25) is 0 Å². The van der Waals surface area contributed by atoms with E-state index in [1.165, 1.54) is 30.3 Å². The average molecular weight is 1180 g/mol. The van der Waals surface area contributed by atoms with Gasteiger partial charge in [0.1, 0.15) is 0 Å². The van der Waals surface area contributed by atoms with Crippen LogP contribution >= 0.6 is 0 Å². The summed E-state index contributed by atoms with van der Waals surface area (Å²) >= 11 is 0. The van der Waals surface area contributed by atoms with Crippen LogP contribution in [0.15, 0.2) is 332 Å². The Morgan fingerprint density at radius 1 is 0.264 bits per heavy atom. The topological polar surface area (TPSA) is 48.5 Å². The van der Waals surface area contributed by atoms with Crippen molar-refractivity contribution in [2.24, 2.45) is 0 Å². The van der Waals surface area contributed by atoms with Gasteiger partial charge in [0, 0.05) is 32.7 Å². The summed E-state index contributed by atoms with van der Waals surface area (Å²) in [4.78, 5) is 14.1. The zero-order chi connectivity index (χ0) is 101. The van der Waals surface area contributed by atoms with Crippen LogP contribution in [0.25, 0.3) is 123 Å². The van der Waals surface area contributed by atoms with E-state index in [1.54, 1.807) is 0 Å². The Balaban J connectivity index is 1.22. The van der Waals surface area contributed by atoms with Gasteiger partial charge in [-0.3, -0.25) is 4.57 Å². The van der Waals surface area contributed by atoms with Gasteiger partial charge in [0.15, 0.2) is 19.7 Å². The van der Waals surface area contributed by atoms with Crippen molar-refractivity contribution in [2.75, 3.05) is 0 Å². The summed E-state index contributed by atoms with van der Waals surface area (Å²) in [6.07, 6.45) is 0. The largest absolute Gasteiger partial charge is 0.309 e. The molecule has 0 aliphatic heterocycles. The maximum Gasteiger partial charge on any atom is 0.238 e. The summed E-state index contributed by atoms with van der Waals surface area (Å²) in [6.45, 7) is 0. The van der Waals surface area contributed by atoms with Gasteiger partial charge < -0.3 is 4.57 Å². The Hall–Kier alpha value is -11.3. The van der Waals surface area contributed by atoms with Crippen molar-refractivity contribution in [3.8, 4) is 78.9 Å². The Bertz CT molecular complexity index is 7970. The van der Waals surface area contributed by atoms with Crippen LogP contribution < -0.4 is 20.7 Å². The average Bonchev–Trinajstić information content (AvgIpc) is 1.40. The standard InChI is InChI=1S/C81H55N5Si/c1-6-24-56(25-7-1)60-44-48-66(49-45-60)87(65-34-14-5-15-35-65,67-36-22-32-61(52-67)57-26-8-2-9-27-57)68-37-23-33-64(53-68)79-82-80(71-40-18-21-43-76(71)85-74-41-19-16-38-69(74)70-39-17-20-42-75(70)85)84-81(83-79)86-77-50-46-62(58-28-10-3-11-29-58)54-72(77)73-55-63(47-51-78(73)86)59-30-12-4-13-31-59/h1-55H/i2D,3D,4D,5D,8D,9D,10D,11D,12D,13D,14D,15D,16D,17D,18D,19D,20D,21D,22D,23D,26D,27D,28D,29D,30D,31D,32D,33D,34D,35D,36D,37D,38D,39D,40D,41D,42D,43D,44D,45D,46D,47D,48D,49D,50D,51D,52D,53D,54D,55D. The van der Waals surface area contributed by atoms with E-state index in [0.717, 1.165) is 0 Å². The molecule has 1 unspecified atom stereocenters. The summed E-state index contributed by atoms with van der Waals surface area (Å²) in [7, 11) is -7.25. The lowest BCUT2D eigenvalue weighted by molar-refractivity contribution is 0.952. The number of para-hydroxylation sites is 3. The van der Waals surface area contributed by atoms with Gasteiger partial charge in [-0.1, -0.05) is 284 Å². The minimum atomic E-state index is -7.25. The number of benzene rings is 13. The molecule has 0 saturated carbocycles. The molecule has 0 spiro atoms. The maximum absolute atomic E-state index is 11.3. The summed E-state index contributed by atoms with van der Waals surface area (Å²) in [6, 6.07) is -58.1. The van der Waals surface area contributed by atoms with Crippen LogP contribution in [-0.2, 0) is 0 Å². The van der Waals surface area contributed by atoms with E-state index in [0.29, 0.717) is 9.13 Å². The number of rotatable bonds is 12. The molecule has 0 aliphatic carbocycles. The van der Waals surface area contributed by atoms with E-state index >= 15 is 0 Å². The molecule has 0 amide bonds. The predicted molar refractivity (Wildman–Crippen MR) is 365 cm³/mol. The normalized spacial score (nSPS) is 20.3. The number of fused-ring (bicyclic) bond motifs is 6.